The minimum Gasteiger partial charge on any atom is -0.445 e. The molecule has 1 heterocycles. The molecule has 4 aromatic rings. The van der Waals surface area contributed by atoms with Gasteiger partial charge in [-0.05, 0) is 60.2 Å². The second kappa shape index (κ2) is 20.5. The van der Waals surface area contributed by atoms with Crippen LogP contribution in [0.2, 0.25) is 0 Å². The molecule has 1 aromatic heterocycles. The third kappa shape index (κ3) is 13.1. The molecular weight excluding hydrogens is 730 g/mol. The van der Waals surface area contributed by atoms with Crippen molar-refractivity contribution in [3.8, 4) is 0 Å². The Kier molecular flexibility index (Phi) is 15.5. The lowest BCUT2D eigenvalue weighted by Gasteiger charge is -2.21. The van der Waals surface area contributed by atoms with Crippen molar-refractivity contribution in [2.45, 2.75) is 64.1 Å². The number of aromatic nitrogens is 2. The SMILES string of the molecule is CC(C)C(NC(=O)CCCCCNC(=O)c1ccc2ncc(CBr)nc2c1)C(=O)NCC(=O)Nc1ccc(COC(=O)NCc2ccccc2)cc1. The predicted octanol–water partition coefficient (Wildman–Crippen LogP) is 5.14. The summed E-state index contributed by atoms with van der Waals surface area (Å²) in [6.07, 6.45) is 3.36. The Hall–Kier alpha value is -5.37. The lowest BCUT2D eigenvalue weighted by molar-refractivity contribution is -0.130. The summed E-state index contributed by atoms with van der Waals surface area (Å²) in [4.78, 5) is 71.5. The molecule has 5 N–H and O–H groups in total. The fourth-order valence-corrected chi connectivity index (χ4v) is 5.33. The topological polar surface area (TPSA) is 181 Å². The van der Waals surface area contributed by atoms with Crippen LogP contribution < -0.4 is 26.6 Å². The maximum Gasteiger partial charge on any atom is 0.407 e. The first-order valence-corrected chi connectivity index (χ1v) is 18.2. The van der Waals surface area contributed by atoms with Gasteiger partial charge in [-0.3, -0.25) is 24.2 Å². The van der Waals surface area contributed by atoms with Gasteiger partial charge >= 0.3 is 6.09 Å². The third-order valence-electron chi connectivity index (χ3n) is 7.93. The molecular formula is C38H44BrN7O6. The molecule has 0 saturated heterocycles. The summed E-state index contributed by atoms with van der Waals surface area (Å²) in [7, 11) is 0. The standard InChI is InChI=1S/C38H44BrN7O6/c1-25(2)35(46-33(47)11-7-4-8-18-40-36(49)28-14-17-31-32(19-28)44-30(20-39)22-41-31)37(50)42-23-34(48)45-29-15-12-27(13-16-29)24-52-38(51)43-21-26-9-5-3-6-10-26/h3,5-6,9-10,12-17,19,22,25,35H,4,7-8,11,18,20-21,23-24H2,1-2H3,(H,40,49)(H,42,50)(H,43,51)(H,45,48)(H,46,47). The second-order valence-corrected chi connectivity index (χ2v) is 13.0. The number of carbonyl (C=O) groups excluding carboxylic acids is 5. The van der Waals surface area contributed by atoms with E-state index in [0.29, 0.717) is 60.0 Å². The summed E-state index contributed by atoms with van der Waals surface area (Å²) in [6.45, 7) is 4.23. The Balaban J connectivity index is 1.09. The molecule has 52 heavy (non-hydrogen) atoms. The number of halogens is 1. The van der Waals surface area contributed by atoms with Crippen LogP contribution >= 0.6 is 15.9 Å². The normalized spacial score (nSPS) is 11.4. The van der Waals surface area contributed by atoms with Gasteiger partial charge in [-0.2, -0.15) is 0 Å². The van der Waals surface area contributed by atoms with Gasteiger partial charge in [0.15, 0.2) is 0 Å². The van der Waals surface area contributed by atoms with Gasteiger partial charge in [0.2, 0.25) is 17.7 Å². The van der Waals surface area contributed by atoms with E-state index in [0.717, 1.165) is 16.8 Å². The van der Waals surface area contributed by atoms with E-state index in [1.807, 2.05) is 44.2 Å². The largest absolute Gasteiger partial charge is 0.445 e. The lowest BCUT2D eigenvalue weighted by atomic mass is 10.0. The van der Waals surface area contributed by atoms with E-state index in [4.69, 9.17) is 4.74 Å². The zero-order valence-corrected chi connectivity index (χ0v) is 30.8. The van der Waals surface area contributed by atoms with Crippen molar-refractivity contribution in [2.24, 2.45) is 5.92 Å². The molecule has 13 nitrogen and oxygen atoms in total. The van der Waals surface area contributed by atoms with Crippen LogP contribution in [0.5, 0.6) is 0 Å². The number of hydrogen-bond donors (Lipinski definition) is 5. The number of fused-ring (bicyclic) bond motifs is 1. The van der Waals surface area contributed by atoms with Crippen molar-refractivity contribution in [3.05, 3.63) is 101 Å². The Labute approximate surface area is 311 Å². The monoisotopic (exact) mass is 773 g/mol. The summed E-state index contributed by atoms with van der Waals surface area (Å²) in [5, 5.41) is 14.3. The van der Waals surface area contributed by atoms with Crippen LogP contribution in [-0.2, 0) is 37.6 Å². The van der Waals surface area contributed by atoms with Gasteiger partial charge in [-0.1, -0.05) is 78.7 Å². The van der Waals surface area contributed by atoms with Crippen LogP contribution in [0.15, 0.2) is 79.0 Å². The van der Waals surface area contributed by atoms with E-state index in [1.54, 1.807) is 48.7 Å². The number of carbonyl (C=O) groups is 5. The molecule has 274 valence electrons. The van der Waals surface area contributed by atoms with Gasteiger partial charge in [-0.15, -0.1) is 0 Å². The van der Waals surface area contributed by atoms with Crippen molar-refractivity contribution < 1.29 is 28.7 Å². The summed E-state index contributed by atoms with van der Waals surface area (Å²) in [5.74, 6) is -1.56. The highest BCUT2D eigenvalue weighted by atomic mass is 79.9. The Morgan fingerprint density at radius 3 is 2.31 bits per heavy atom. The van der Waals surface area contributed by atoms with E-state index in [2.05, 4.69) is 52.5 Å². The predicted molar refractivity (Wildman–Crippen MR) is 201 cm³/mol. The molecule has 0 aliphatic carbocycles. The molecule has 4 rings (SSSR count). The number of ether oxygens (including phenoxy) is 1. The summed E-state index contributed by atoms with van der Waals surface area (Å²) >= 11 is 3.36. The van der Waals surface area contributed by atoms with Gasteiger partial charge in [0.1, 0.15) is 12.6 Å². The molecule has 0 fully saturated rings. The first kappa shape index (κ1) is 39.4. The van der Waals surface area contributed by atoms with Crippen LogP contribution in [0, 0.1) is 5.92 Å². The molecule has 0 aliphatic heterocycles. The molecule has 1 unspecified atom stereocenters. The highest BCUT2D eigenvalue weighted by Crippen LogP contribution is 2.14. The maximum atomic E-state index is 12.9. The zero-order chi connectivity index (χ0) is 37.3. The van der Waals surface area contributed by atoms with E-state index < -0.39 is 23.9 Å². The van der Waals surface area contributed by atoms with E-state index in [-0.39, 0.29) is 37.3 Å². The van der Waals surface area contributed by atoms with E-state index in [9.17, 15) is 24.0 Å². The number of benzene rings is 3. The van der Waals surface area contributed by atoms with Crippen molar-refractivity contribution in [1.29, 1.82) is 0 Å². The molecule has 0 aliphatic rings. The maximum absolute atomic E-state index is 12.9. The number of rotatable bonds is 18. The second-order valence-electron chi connectivity index (χ2n) is 12.4. The summed E-state index contributed by atoms with van der Waals surface area (Å²) < 4.78 is 5.25. The minimum absolute atomic E-state index is 0.0631. The number of anilines is 1. The van der Waals surface area contributed by atoms with Gasteiger partial charge in [0.05, 0.1) is 23.3 Å². The van der Waals surface area contributed by atoms with Gasteiger partial charge in [0, 0.05) is 42.3 Å². The first-order valence-electron chi connectivity index (χ1n) is 17.1. The Morgan fingerprint density at radius 1 is 0.808 bits per heavy atom. The van der Waals surface area contributed by atoms with Crippen LogP contribution in [0.25, 0.3) is 11.0 Å². The average molecular weight is 775 g/mol. The van der Waals surface area contributed by atoms with Crippen molar-refractivity contribution in [2.75, 3.05) is 18.4 Å². The van der Waals surface area contributed by atoms with Gasteiger partial charge < -0.3 is 31.3 Å². The van der Waals surface area contributed by atoms with Crippen LogP contribution in [0.1, 0.15) is 66.7 Å². The Bertz CT molecular complexity index is 1820. The van der Waals surface area contributed by atoms with Crippen molar-refractivity contribution in [1.82, 2.24) is 31.2 Å². The van der Waals surface area contributed by atoms with Crippen LogP contribution in [0.4, 0.5) is 10.5 Å². The molecule has 0 spiro atoms. The van der Waals surface area contributed by atoms with Gasteiger partial charge in [-0.25, -0.2) is 9.78 Å². The Morgan fingerprint density at radius 2 is 1.58 bits per heavy atom. The van der Waals surface area contributed by atoms with Crippen LogP contribution in [0.3, 0.4) is 0 Å². The number of alkyl carbamates (subject to hydrolysis) is 1. The molecule has 5 amide bonds. The fourth-order valence-electron chi connectivity index (χ4n) is 5.06. The molecule has 0 bridgehead atoms. The number of amides is 5. The van der Waals surface area contributed by atoms with Gasteiger partial charge in [0.25, 0.3) is 5.91 Å². The zero-order valence-electron chi connectivity index (χ0n) is 29.2. The van der Waals surface area contributed by atoms with Crippen molar-refractivity contribution >= 4 is 62.4 Å². The third-order valence-corrected chi connectivity index (χ3v) is 8.51. The van der Waals surface area contributed by atoms with Crippen molar-refractivity contribution in [3.63, 3.8) is 0 Å². The fraction of sp³-hybridized carbons (Fsp3) is 0.342. The number of alkyl halides is 1. The number of hydrogen-bond acceptors (Lipinski definition) is 8. The highest BCUT2D eigenvalue weighted by Gasteiger charge is 2.24. The average Bonchev–Trinajstić information content (AvgIpc) is 3.15. The van der Waals surface area contributed by atoms with Crippen LogP contribution in [-0.4, -0.2) is 58.8 Å². The number of nitrogens with zero attached hydrogens (tertiary/aromatic N) is 2. The molecule has 1 atom stereocenters. The molecule has 3 aromatic carbocycles. The van der Waals surface area contributed by atoms with E-state index >= 15 is 0 Å². The van der Waals surface area contributed by atoms with E-state index in [1.165, 1.54) is 0 Å². The smallest absolute Gasteiger partial charge is 0.407 e. The minimum atomic E-state index is -0.805. The summed E-state index contributed by atoms with van der Waals surface area (Å²) in [5.41, 5.74) is 4.86. The number of nitrogens with one attached hydrogen (secondary N) is 5. The highest BCUT2D eigenvalue weighted by molar-refractivity contribution is 9.08. The molecule has 0 saturated carbocycles. The summed E-state index contributed by atoms with van der Waals surface area (Å²) in [6, 6.07) is 20.7. The first-order chi connectivity index (χ1) is 25.1. The number of unbranched alkanes of at least 4 members (excludes halogenated alkanes) is 2. The quantitative estimate of drug-likeness (QED) is 0.0681. The molecule has 0 radical (unpaired) electrons. The molecule has 14 heteroatoms. The lowest BCUT2D eigenvalue weighted by Crippen LogP contribution is -2.51.